The van der Waals surface area contributed by atoms with Gasteiger partial charge in [-0.25, -0.2) is 0 Å². The predicted octanol–water partition coefficient (Wildman–Crippen LogP) is 1.64. The molecule has 0 aromatic heterocycles. The van der Waals surface area contributed by atoms with Gasteiger partial charge < -0.3 is 4.90 Å². The Morgan fingerprint density at radius 3 is 2.58 bits per heavy atom. The molecule has 104 valence electrons. The first-order chi connectivity index (χ1) is 8.85. The van der Waals surface area contributed by atoms with Crippen molar-refractivity contribution in [3.63, 3.8) is 0 Å². The van der Waals surface area contributed by atoms with Crippen LogP contribution in [0.15, 0.2) is 28.7 Å². The first kappa shape index (κ1) is 14.5. The lowest BCUT2D eigenvalue weighted by molar-refractivity contribution is 0.0773. The summed E-state index contributed by atoms with van der Waals surface area (Å²) in [6, 6.07) is 7.07. The van der Waals surface area contributed by atoms with Crippen LogP contribution in [-0.2, 0) is 14.3 Å². The van der Waals surface area contributed by atoms with Crippen molar-refractivity contribution in [1.29, 1.82) is 0 Å². The fourth-order valence-corrected chi connectivity index (χ4v) is 2.93. The van der Waals surface area contributed by atoms with E-state index in [-0.39, 0.29) is 5.91 Å². The summed E-state index contributed by atoms with van der Waals surface area (Å²) in [6.07, 6.45) is 1.12. The Hall–Kier alpha value is -0.920. The highest BCUT2D eigenvalue weighted by Gasteiger charge is 2.29. The first-order valence-electron chi connectivity index (χ1n) is 5.78. The third kappa shape index (κ3) is 4.02. The second kappa shape index (κ2) is 5.60. The van der Waals surface area contributed by atoms with Gasteiger partial charge >= 0.3 is 0 Å². The molecule has 0 spiro atoms. The van der Waals surface area contributed by atoms with Gasteiger partial charge in [0.25, 0.3) is 16.0 Å². The number of benzene rings is 1. The number of carbonyl (C=O) groups is 1. The van der Waals surface area contributed by atoms with Crippen molar-refractivity contribution in [3.05, 3.63) is 34.3 Å². The van der Waals surface area contributed by atoms with E-state index in [1.54, 1.807) is 29.2 Å². The summed E-state index contributed by atoms with van der Waals surface area (Å²) < 4.78 is 27.9. The Balaban J connectivity index is 2.01. The van der Waals surface area contributed by atoms with Crippen molar-refractivity contribution >= 4 is 32.0 Å². The zero-order chi connectivity index (χ0) is 14.0. The number of amides is 1. The molecule has 0 saturated carbocycles. The fraction of sp³-hybridized carbons (Fsp3) is 0.417. The SMILES string of the molecule is CS(=O)(=O)OC1CCN(C(=O)c2ccc(Br)cc2)C1. The van der Waals surface area contributed by atoms with Crippen molar-refractivity contribution in [1.82, 2.24) is 4.90 Å². The van der Waals surface area contributed by atoms with E-state index in [2.05, 4.69) is 15.9 Å². The minimum absolute atomic E-state index is 0.105. The van der Waals surface area contributed by atoms with Gasteiger partial charge in [0.1, 0.15) is 0 Å². The van der Waals surface area contributed by atoms with Crippen LogP contribution in [-0.4, -0.2) is 44.7 Å². The van der Waals surface area contributed by atoms with Gasteiger partial charge in [-0.1, -0.05) is 15.9 Å². The van der Waals surface area contributed by atoms with E-state index >= 15 is 0 Å². The summed E-state index contributed by atoms with van der Waals surface area (Å²) in [4.78, 5) is 13.8. The molecule has 1 aliphatic heterocycles. The van der Waals surface area contributed by atoms with Crippen LogP contribution in [0.5, 0.6) is 0 Å². The standard InChI is InChI=1S/C12H14BrNO4S/c1-19(16,17)18-11-6-7-14(8-11)12(15)9-2-4-10(13)5-3-9/h2-5,11H,6-8H2,1H3. The fourth-order valence-electron chi connectivity index (χ4n) is 2.01. The Morgan fingerprint density at radius 1 is 1.37 bits per heavy atom. The third-order valence-electron chi connectivity index (χ3n) is 2.83. The van der Waals surface area contributed by atoms with E-state index in [9.17, 15) is 13.2 Å². The molecule has 7 heteroatoms. The second-order valence-corrected chi connectivity index (χ2v) is 6.99. The average Bonchev–Trinajstić information content (AvgIpc) is 2.75. The normalized spacial score (nSPS) is 19.7. The highest BCUT2D eigenvalue weighted by atomic mass is 79.9. The summed E-state index contributed by atoms with van der Waals surface area (Å²) >= 11 is 3.31. The highest BCUT2D eigenvalue weighted by Crippen LogP contribution is 2.18. The molecule has 1 aromatic carbocycles. The van der Waals surface area contributed by atoms with Crippen LogP contribution in [0.2, 0.25) is 0 Å². The first-order valence-corrected chi connectivity index (χ1v) is 8.39. The summed E-state index contributed by atoms with van der Waals surface area (Å²) in [6.45, 7) is 0.817. The Morgan fingerprint density at radius 2 is 2.00 bits per heavy atom. The minimum atomic E-state index is -3.47. The largest absolute Gasteiger partial charge is 0.336 e. The molecule has 0 radical (unpaired) electrons. The number of carbonyl (C=O) groups excluding carboxylic acids is 1. The lowest BCUT2D eigenvalue weighted by Crippen LogP contribution is -2.30. The molecule has 1 fully saturated rings. The minimum Gasteiger partial charge on any atom is -0.336 e. The molecule has 1 amide bonds. The molecular formula is C12H14BrNO4S. The van der Waals surface area contributed by atoms with Crippen molar-refractivity contribution in [2.45, 2.75) is 12.5 Å². The van der Waals surface area contributed by atoms with Gasteiger partial charge in [-0.3, -0.25) is 8.98 Å². The Kier molecular flexibility index (Phi) is 4.27. The lowest BCUT2D eigenvalue weighted by atomic mass is 10.2. The summed E-state index contributed by atoms with van der Waals surface area (Å²) in [5.74, 6) is -0.105. The van der Waals surface area contributed by atoms with E-state index in [0.717, 1.165) is 10.7 Å². The van der Waals surface area contributed by atoms with Crippen LogP contribution >= 0.6 is 15.9 Å². The molecule has 0 bridgehead atoms. The van der Waals surface area contributed by atoms with Gasteiger partial charge in [0.2, 0.25) is 0 Å². The predicted molar refractivity (Wildman–Crippen MR) is 74.4 cm³/mol. The molecule has 1 saturated heterocycles. The Labute approximate surface area is 120 Å². The molecule has 5 nitrogen and oxygen atoms in total. The van der Waals surface area contributed by atoms with Gasteiger partial charge in [0.05, 0.1) is 12.4 Å². The number of hydrogen-bond donors (Lipinski definition) is 0. The van der Waals surface area contributed by atoms with Crippen molar-refractivity contribution in [2.75, 3.05) is 19.3 Å². The number of rotatable bonds is 3. The molecule has 0 N–H and O–H groups in total. The van der Waals surface area contributed by atoms with Crippen LogP contribution in [0, 0.1) is 0 Å². The number of halogens is 1. The zero-order valence-corrected chi connectivity index (χ0v) is 12.8. The third-order valence-corrected chi connectivity index (χ3v) is 3.98. The highest BCUT2D eigenvalue weighted by molar-refractivity contribution is 9.10. The molecule has 1 atom stereocenters. The molecule has 0 aliphatic carbocycles. The second-order valence-electron chi connectivity index (χ2n) is 4.47. The summed E-state index contributed by atoms with van der Waals surface area (Å²) in [5, 5.41) is 0. The molecule has 19 heavy (non-hydrogen) atoms. The van der Waals surface area contributed by atoms with Gasteiger partial charge in [-0.15, -0.1) is 0 Å². The van der Waals surface area contributed by atoms with E-state index in [1.807, 2.05) is 0 Å². The zero-order valence-electron chi connectivity index (χ0n) is 10.4. The maximum absolute atomic E-state index is 12.2. The molecule has 1 aliphatic rings. The monoisotopic (exact) mass is 347 g/mol. The number of likely N-dealkylation sites (tertiary alicyclic amines) is 1. The maximum Gasteiger partial charge on any atom is 0.264 e. The molecule has 1 heterocycles. The van der Waals surface area contributed by atoms with Crippen LogP contribution in [0.1, 0.15) is 16.8 Å². The molecular weight excluding hydrogens is 334 g/mol. The number of hydrogen-bond acceptors (Lipinski definition) is 4. The quantitative estimate of drug-likeness (QED) is 0.779. The smallest absolute Gasteiger partial charge is 0.264 e. The van der Waals surface area contributed by atoms with Crippen molar-refractivity contribution in [2.24, 2.45) is 0 Å². The van der Waals surface area contributed by atoms with Crippen molar-refractivity contribution < 1.29 is 17.4 Å². The van der Waals surface area contributed by atoms with Crippen LogP contribution in [0.25, 0.3) is 0 Å². The molecule has 2 rings (SSSR count). The molecule has 1 unspecified atom stereocenters. The van der Waals surface area contributed by atoms with Crippen LogP contribution < -0.4 is 0 Å². The van der Waals surface area contributed by atoms with Crippen LogP contribution in [0.3, 0.4) is 0 Å². The van der Waals surface area contributed by atoms with E-state index in [1.165, 1.54) is 0 Å². The van der Waals surface area contributed by atoms with Gasteiger partial charge in [-0.05, 0) is 30.7 Å². The van der Waals surface area contributed by atoms with Crippen LogP contribution in [0.4, 0.5) is 0 Å². The van der Waals surface area contributed by atoms with Gasteiger partial charge in [0, 0.05) is 23.1 Å². The topological polar surface area (TPSA) is 63.7 Å². The summed E-state index contributed by atoms with van der Waals surface area (Å²) in [7, 11) is -3.47. The lowest BCUT2D eigenvalue weighted by Gasteiger charge is -2.16. The maximum atomic E-state index is 12.2. The van der Waals surface area contributed by atoms with E-state index in [4.69, 9.17) is 4.18 Å². The van der Waals surface area contributed by atoms with E-state index < -0.39 is 16.2 Å². The molecule has 1 aromatic rings. The van der Waals surface area contributed by atoms with Gasteiger partial charge in [0.15, 0.2) is 0 Å². The average molecular weight is 348 g/mol. The van der Waals surface area contributed by atoms with E-state index in [0.29, 0.717) is 25.1 Å². The Bertz CT molecular complexity index is 570. The summed E-state index contributed by atoms with van der Waals surface area (Å²) in [5.41, 5.74) is 0.586. The van der Waals surface area contributed by atoms with Gasteiger partial charge in [-0.2, -0.15) is 8.42 Å². The van der Waals surface area contributed by atoms with Crippen molar-refractivity contribution in [3.8, 4) is 0 Å². The number of nitrogens with zero attached hydrogens (tertiary/aromatic N) is 1.